The van der Waals surface area contributed by atoms with Crippen LogP contribution in [0.25, 0.3) is 0 Å². The Morgan fingerprint density at radius 3 is 2.83 bits per heavy atom. The van der Waals surface area contributed by atoms with E-state index in [2.05, 4.69) is 5.32 Å². The summed E-state index contributed by atoms with van der Waals surface area (Å²) in [5, 5.41) is 12.2. The zero-order valence-electron chi connectivity index (χ0n) is 10.1. The number of aliphatic hydroxyl groups is 1. The molecule has 2 rings (SSSR count). The molecule has 4 N–H and O–H groups in total. The van der Waals surface area contributed by atoms with Gasteiger partial charge in [-0.15, -0.1) is 0 Å². The Kier molecular flexibility index (Phi) is 3.78. The molecule has 18 heavy (non-hydrogen) atoms. The van der Waals surface area contributed by atoms with Gasteiger partial charge in [-0.05, 0) is 42.9 Å². The summed E-state index contributed by atoms with van der Waals surface area (Å²) in [6.07, 6.45) is 2.84. The Morgan fingerprint density at radius 1 is 1.50 bits per heavy atom. The second-order valence-corrected chi connectivity index (χ2v) is 5.30. The molecule has 0 spiro atoms. The largest absolute Gasteiger partial charge is 0.399 e. The fourth-order valence-corrected chi connectivity index (χ4v) is 2.21. The number of carbonyl (C=O) groups is 1. The highest BCUT2D eigenvalue weighted by molar-refractivity contribution is 6.34. The summed E-state index contributed by atoms with van der Waals surface area (Å²) in [6.45, 7) is 0.742. The summed E-state index contributed by atoms with van der Waals surface area (Å²) in [7, 11) is 0. The van der Waals surface area contributed by atoms with Crippen molar-refractivity contribution >= 4 is 23.2 Å². The van der Waals surface area contributed by atoms with Gasteiger partial charge in [0.1, 0.15) is 0 Å². The first-order chi connectivity index (χ1) is 8.56. The van der Waals surface area contributed by atoms with E-state index in [9.17, 15) is 4.79 Å². The van der Waals surface area contributed by atoms with Gasteiger partial charge in [0.25, 0.3) is 5.91 Å². The van der Waals surface area contributed by atoms with Crippen LogP contribution in [0.3, 0.4) is 0 Å². The molecule has 1 aliphatic rings. The van der Waals surface area contributed by atoms with Gasteiger partial charge >= 0.3 is 0 Å². The second-order valence-electron chi connectivity index (χ2n) is 4.90. The van der Waals surface area contributed by atoms with E-state index in [4.69, 9.17) is 22.4 Å². The normalized spacial score (nSPS) is 16.3. The van der Waals surface area contributed by atoms with Crippen molar-refractivity contribution in [2.75, 3.05) is 18.9 Å². The lowest BCUT2D eigenvalue weighted by molar-refractivity contribution is 0.0941. The number of anilines is 1. The van der Waals surface area contributed by atoms with Gasteiger partial charge in [-0.25, -0.2) is 0 Å². The number of amides is 1. The van der Waals surface area contributed by atoms with Gasteiger partial charge in [0.05, 0.1) is 10.6 Å². The standard InChI is InChI=1S/C13H17ClN2O2/c14-11-2-1-9(15)7-10(11)12(18)16-8-13(3-4-13)5-6-17/h1-2,7,17H,3-6,8,15H2,(H,16,18). The number of hydrogen-bond donors (Lipinski definition) is 3. The number of hydrogen-bond acceptors (Lipinski definition) is 3. The maximum atomic E-state index is 12.0. The van der Waals surface area contributed by atoms with Gasteiger partial charge in [-0.1, -0.05) is 11.6 Å². The molecule has 4 nitrogen and oxygen atoms in total. The van der Waals surface area contributed by atoms with E-state index in [0.717, 1.165) is 19.3 Å². The van der Waals surface area contributed by atoms with E-state index in [1.165, 1.54) is 0 Å². The van der Waals surface area contributed by atoms with Crippen LogP contribution >= 0.6 is 11.6 Å². The van der Waals surface area contributed by atoms with Crippen molar-refractivity contribution < 1.29 is 9.90 Å². The quantitative estimate of drug-likeness (QED) is 0.713. The smallest absolute Gasteiger partial charge is 0.252 e. The zero-order valence-corrected chi connectivity index (χ0v) is 10.8. The molecular formula is C13H17ClN2O2. The molecule has 0 atom stereocenters. The maximum Gasteiger partial charge on any atom is 0.252 e. The predicted octanol–water partition coefficient (Wildman–Crippen LogP) is 1.81. The average molecular weight is 269 g/mol. The first-order valence-corrected chi connectivity index (χ1v) is 6.38. The van der Waals surface area contributed by atoms with Crippen molar-refractivity contribution in [3.05, 3.63) is 28.8 Å². The molecule has 0 aromatic heterocycles. The zero-order chi connectivity index (χ0) is 13.2. The van der Waals surface area contributed by atoms with Crippen LogP contribution in [0.5, 0.6) is 0 Å². The third-order valence-electron chi connectivity index (χ3n) is 3.46. The molecule has 1 fully saturated rings. The number of benzene rings is 1. The van der Waals surface area contributed by atoms with Crippen molar-refractivity contribution in [2.24, 2.45) is 5.41 Å². The van der Waals surface area contributed by atoms with Crippen molar-refractivity contribution in [3.8, 4) is 0 Å². The summed E-state index contributed by atoms with van der Waals surface area (Å²) in [5.74, 6) is -0.212. The lowest BCUT2D eigenvalue weighted by Crippen LogP contribution is -2.31. The Labute approximate surface area is 111 Å². The van der Waals surface area contributed by atoms with Crippen LogP contribution in [0.4, 0.5) is 5.69 Å². The topological polar surface area (TPSA) is 75.4 Å². The summed E-state index contributed by atoms with van der Waals surface area (Å²) in [6, 6.07) is 4.85. The molecule has 0 aliphatic heterocycles. The fourth-order valence-electron chi connectivity index (χ4n) is 2.01. The van der Waals surface area contributed by atoms with Crippen molar-refractivity contribution in [2.45, 2.75) is 19.3 Å². The minimum absolute atomic E-state index is 0.0945. The van der Waals surface area contributed by atoms with E-state index in [1.807, 2.05) is 0 Å². The molecular weight excluding hydrogens is 252 g/mol. The monoisotopic (exact) mass is 268 g/mol. The lowest BCUT2D eigenvalue weighted by atomic mass is 10.0. The van der Waals surface area contributed by atoms with Crippen molar-refractivity contribution in [1.82, 2.24) is 5.32 Å². The maximum absolute atomic E-state index is 12.0. The Morgan fingerprint density at radius 2 is 2.22 bits per heavy atom. The van der Waals surface area contributed by atoms with Crippen LogP contribution < -0.4 is 11.1 Å². The van der Waals surface area contributed by atoms with E-state index in [0.29, 0.717) is 22.8 Å². The molecule has 0 unspecified atom stereocenters. The number of nitrogens with two attached hydrogens (primary N) is 1. The number of carbonyl (C=O) groups excluding carboxylic acids is 1. The number of nitrogens with one attached hydrogen (secondary N) is 1. The molecule has 0 saturated heterocycles. The highest BCUT2D eigenvalue weighted by Gasteiger charge is 2.41. The van der Waals surface area contributed by atoms with E-state index in [-0.39, 0.29) is 17.9 Å². The van der Waals surface area contributed by atoms with Gasteiger partial charge in [-0.3, -0.25) is 4.79 Å². The Balaban J connectivity index is 1.98. The molecule has 98 valence electrons. The molecule has 1 aliphatic carbocycles. The van der Waals surface area contributed by atoms with Crippen molar-refractivity contribution in [3.63, 3.8) is 0 Å². The highest BCUT2D eigenvalue weighted by atomic mass is 35.5. The van der Waals surface area contributed by atoms with Gasteiger partial charge in [0, 0.05) is 18.8 Å². The third-order valence-corrected chi connectivity index (χ3v) is 3.79. The second kappa shape index (κ2) is 5.16. The average Bonchev–Trinajstić information content (AvgIpc) is 3.10. The van der Waals surface area contributed by atoms with Crippen LogP contribution in [0.2, 0.25) is 5.02 Å². The van der Waals surface area contributed by atoms with Gasteiger partial charge in [0.2, 0.25) is 0 Å². The number of aliphatic hydroxyl groups excluding tert-OH is 1. The molecule has 0 radical (unpaired) electrons. The van der Waals surface area contributed by atoms with E-state index in [1.54, 1.807) is 18.2 Å². The van der Waals surface area contributed by atoms with Gasteiger partial charge in [-0.2, -0.15) is 0 Å². The summed E-state index contributed by atoms with van der Waals surface area (Å²) < 4.78 is 0. The number of halogens is 1. The summed E-state index contributed by atoms with van der Waals surface area (Å²) >= 11 is 5.96. The minimum atomic E-state index is -0.212. The number of nitrogen functional groups attached to an aromatic ring is 1. The number of rotatable bonds is 5. The van der Waals surface area contributed by atoms with E-state index >= 15 is 0 Å². The van der Waals surface area contributed by atoms with Crippen LogP contribution in [-0.2, 0) is 0 Å². The highest BCUT2D eigenvalue weighted by Crippen LogP contribution is 2.47. The lowest BCUT2D eigenvalue weighted by Gasteiger charge is -2.15. The molecule has 0 heterocycles. The first kappa shape index (κ1) is 13.2. The Bertz CT molecular complexity index is 458. The molecule has 5 heteroatoms. The third kappa shape index (κ3) is 2.94. The van der Waals surface area contributed by atoms with Crippen LogP contribution in [0.15, 0.2) is 18.2 Å². The first-order valence-electron chi connectivity index (χ1n) is 6.00. The predicted molar refractivity (Wildman–Crippen MR) is 71.6 cm³/mol. The van der Waals surface area contributed by atoms with Crippen LogP contribution in [0.1, 0.15) is 29.6 Å². The molecule has 1 amide bonds. The molecule has 1 aromatic rings. The van der Waals surface area contributed by atoms with E-state index < -0.39 is 0 Å². The summed E-state index contributed by atoms with van der Waals surface area (Å²) in [4.78, 5) is 12.0. The molecule has 1 aromatic carbocycles. The van der Waals surface area contributed by atoms with Crippen LogP contribution in [0, 0.1) is 5.41 Å². The molecule has 0 bridgehead atoms. The fraction of sp³-hybridized carbons (Fsp3) is 0.462. The van der Waals surface area contributed by atoms with Crippen molar-refractivity contribution in [1.29, 1.82) is 0 Å². The SMILES string of the molecule is Nc1ccc(Cl)c(C(=O)NCC2(CCO)CC2)c1. The minimum Gasteiger partial charge on any atom is -0.399 e. The van der Waals surface area contributed by atoms with Gasteiger partial charge in [0.15, 0.2) is 0 Å². The summed E-state index contributed by atoms with van der Waals surface area (Å²) in [5.41, 5.74) is 6.64. The van der Waals surface area contributed by atoms with Crippen LogP contribution in [-0.4, -0.2) is 24.2 Å². The Hall–Kier alpha value is -1.26. The molecule has 1 saturated carbocycles. The van der Waals surface area contributed by atoms with Gasteiger partial charge < -0.3 is 16.2 Å².